The van der Waals surface area contributed by atoms with E-state index in [1.54, 1.807) is 12.1 Å². The molecule has 5 nitrogen and oxygen atoms in total. The van der Waals surface area contributed by atoms with E-state index in [0.29, 0.717) is 28.8 Å². The first-order valence-corrected chi connectivity index (χ1v) is 11.8. The van der Waals surface area contributed by atoms with Crippen molar-refractivity contribution in [2.75, 3.05) is 26.4 Å². The van der Waals surface area contributed by atoms with E-state index in [9.17, 15) is 18.0 Å². The lowest BCUT2D eigenvalue weighted by Gasteiger charge is -2.22. The second-order valence-corrected chi connectivity index (χ2v) is 9.18. The second kappa shape index (κ2) is 10.6. The third kappa shape index (κ3) is 6.15. The topological polar surface area (TPSA) is 60.5 Å². The summed E-state index contributed by atoms with van der Waals surface area (Å²) in [5.41, 5.74) is 1.67. The van der Waals surface area contributed by atoms with E-state index in [1.807, 2.05) is 19.1 Å². The average molecular weight is 491 g/mol. The van der Waals surface area contributed by atoms with Crippen LogP contribution in [0.1, 0.15) is 24.1 Å². The molecule has 4 rings (SSSR count). The number of nitrogens with one attached hydrogen (secondary N) is 1. The van der Waals surface area contributed by atoms with Crippen molar-refractivity contribution < 1.29 is 27.4 Å². The lowest BCUT2D eigenvalue weighted by Crippen LogP contribution is -2.35. The molecule has 1 saturated heterocycles. The fraction of sp³-hybridized carbons (Fsp3) is 0.360. The Morgan fingerprint density at radius 2 is 1.74 bits per heavy atom. The molecule has 1 aromatic heterocycles. The third-order valence-corrected chi connectivity index (χ3v) is 6.93. The van der Waals surface area contributed by atoms with Crippen LogP contribution in [0.15, 0.2) is 48.5 Å². The Labute approximate surface area is 199 Å². The number of carbonyl (C=O) groups is 1. The quantitative estimate of drug-likeness (QED) is 0.460. The van der Waals surface area contributed by atoms with Gasteiger partial charge in [-0.25, -0.2) is 4.98 Å². The number of amides is 1. The molecular formula is C25H25F3N2O3S. The molecule has 0 saturated carbocycles. The zero-order valence-corrected chi connectivity index (χ0v) is 19.5. The number of aromatic nitrogens is 1. The van der Waals surface area contributed by atoms with Gasteiger partial charge in [0.1, 0.15) is 10.8 Å². The highest BCUT2D eigenvalue weighted by molar-refractivity contribution is 7.18. The molecular weight excluding hydrogens is 465 g/mol. The highest BCUT2D eigenvalue weighted by atomic mass is 32.1. The van der Waals surface area contributed by atoms with Gasteiger partial charge in [0.25, 0.3) is 5.91 Å². The molecule has 1 N–H and O–H groups in total. The maximum absolute atomic E-state index is 12.8. The van der Waals surface area contributed by atoms with E-state index in [2.05, 4.69) is 10.3 Å². The van der Waals surface area contributed by atoms with Gasteiger partial charge in [-0.05, 0) is 67.6 Å². The van der Waals surface area contributed by atoms with Crippen molar-refractivity contribution in [3.05, 3.63) is 59.8 Å². The molecule has 1 aliphatic heterocycles. The van der Waals surface area contributed by atoms with E-state index < -0.39 is 11.7 Å². The number of hydrogen-bond donors (Lipinski definition) is 1. The van der Waals surface area contributed by atoms with Crippen LogP contribution in [0.25, 0.3) is 21.0 Å². The summed E-state index contributed by atoms with van der Waals surface area (Å²) in [6, 6.07) is 12.4. The van der Waals surface area contributed by atoms with Gasteiger partial charge in [0, 0.05) is 25.3 Å². The monoisotopic (exact) mass is 490 g/mol. The van der Waals surface area contributed by atoms with Crippen LogP contribution in [-0.2, 0) is 15.7 Å². The predicted molar refractivity (Wildman–Crippen MR) is 125 cm³/mol. The fourth-order valence-corrected chi connectivity index (χ4v) is 4.78. The van der Waals surface area contributed by atoms with Crippen molar-refractivity contribution >= 4 is 17.2 Å². The zero-order chi connectivity index (χ0) is 24.1. The molecule has 1 amide bonds. The SMILES string of the molecule is Cc1nc(-c2ccc(C(F)(F)F)cc2)sc1-c1ccc(OCC(=O)NCC2CCOCC2)cc1. The molecule has 9 heteroatoms. The molecule has 0 atom stereocenters. The van der Waals surface area contributed by atoms with Gasteiger partial charge < -0.3 is 14.8 Å². The molecule has 1 aliphatic rings. The van der Waals surface area contributed by atoms with Gasteiger partial charge >= 0.3 is 6.18 Å². The van der Waals surface area contributed by atoms with Gasteiger partial charge in [-0.3, -0.25) is 4.79 Å². The Morgan fingerprint density at radius 3 is 2.38 bits per heavy atom. The first kappa shape index (κ1) is 24.2. The maximum atomic E-state index is 12.8. The van der Waals surface area contributed by atoms with Crippen LogP contribution in [0.3, 0.4) is 0 Å². The molecule has 0 bridgehead atoms. The Hall–Kier alpha value is -2.91. The standard InChI is InChI=1S/C25H25F3N2O3S/c1-16-23(34-24(30-16)19-2-6-20(7-3-19)25(26,27)28)18-4-8-21(9-5-18)33-15-22(31)29-14-17-10-12-32-13-11-17/h2-9,17H,10-15H2,1H3,(H,29,31). The lowest BCUT2D eigenvalue weighted by molar-refractivity contribution is -0.137. The molecule has 0 radical (unpaired) electrons. The number of rotatable bonds is 7. The number of thiazole rings is 1. The maximum Gasteiger partial charge on any atom is 0.416 e. The van der Waals surface area contributed by atoms with Gasteiger partial charge in [-0.15, -0.1) is 11.3 Å². The van der Waals surface area contributed by atoms with Gasteiger partial charge in [0.2, 0.25) is 0 Å². The molecule has 2 heterocycles. The molecule has 1 fully saturated rings. The largest absolute Gasteiger partial charge is 0.484 e. The Kier molecular flexibility index (Phi) is 7.53. The number of halogens is 3. The van der Waals surface area contributed by atoms with Crippen LogP contribution in [-0.4, -0.2) is 37.3 Å². The van der Waals surface area contributed by atoms with Gasteiger partial charge in [0.15, 0.2) is 6.61 Å². The predicted octanol–water partition coefficient (Wildman–Crippen LogP) is 5.73. The normalized spacial score (nSPS) is 14.7. The van der Waals surface area contributed by atoms with Crippen LogP contribution in [0.5, 0.6) is 5.75 Å². The number of alkyl halides is 3. The van der Waals surface area contributed by atoms with Crippen molar-refractivity contribution in [1.29, 1.82) is 0 Å². The molecule has 34 heavy (non-hydrogen) atoms. The summed E-state index contributed by atoms with van der Waals surface area (Å²) in [6.07, 6.45) is -2.45. The van der Waals surface area contributed by atoms with Crippen molar-refractivity contribution in [3.8, 4) is 26.8 Å². The van der Waals surface area contributed by atoms with Crippen LogP contribution >= 0.6 is 11.3 Å². The van der Waals surface area contributed by atoms with E-state index in [1.165, 1.54) is 23.5 Å². The van der Waals surface area contributed by atoms with Crippen LogP contribution in [0, 0.1) is 12.8 Å². The highest BCUT2D eigenvalue weighted by Gasteiger charge is 2.30. The summed E-state index contributed by atoms with van der Waals surface area (Å²) >= 11 is 1.42. The number of benzene rings is 2. The molecule has 0 unspecified atom stereocenters. The van der Waals surface area contributed by atoms with Crippen molar-refractivity contribution in [2.24, 2.45) is 5.92 Å². The van der Waals surface area contributed by atoms with Crippen molar-refractivity contribution in [2.45, 2.75) is 25.9 Å². The molecule has 0 aliphatic carbocycles. The minimum Gasteiger partial charge on any atom is -0.484 e. The molecule has 0 spiro atoms. The van der Waals surface area contributed by atoms with Gasteiger partial charge in [-0.1, -0.05) is 12.1 Å². The Bertz CT molecular complexity index is 1110. The number of carbonyl (C=O) groups excluding carboxylic acids is 1. The summed E-state index contributed by atoms with van der Waals surface area (Å²) < 4.78 is 49.4. The van der Waals surface area contributed by atoms with Crippen molar-refractivity contribution in [1.82, 2.24) is 10.3 Å². The number of ether oxygens (including phenoxy) is 2. The number of nitrogens with zero attached hydrogens (tertiary/aromatic N) is 1. The first-order chi connectivity index (χ1) is 16.3. The van der Waals surface area contributed by atoms with Crippen LogP contribution < -0.4 is 10.1 Å². The average Bonchev–Trinajstić information content (AvgIpc) is 3.23. The van der Waals surface area contributed by atoms with Gasteiger partial charge in [-0.2, -0.15) is 13.2 Å². The summed E-state index contributed by atoms with van der Waals surface area (Å²) in [7, 11) is 0. The Balaban J connectivity index is 1.34. The first-order valence-electron chi connectivity index (χ1n) is 11.0. The lowest BCUT2D eigenvalue weighted by atomic mass is 10.0. The molecule has 2 aromatic carbocycles. The minimum absolute atomic E-state index is 0.0553. The van der Waals surface area contributed by atoms with Crippen LogP contribution in [0.4, 0.5) is 13.2 Å². The van der Waals surface area contributed by atoms with Gasteiger partial charge in [0.05, 0.1) is 16.1 Å². The molecule has 3 aromatic rings. The highest BCUT2D eigenvalue weighted by Crippen LogP contribution is 2.37. The van der Waals surface area contributed by atoms with Crippen LogP contribution in [0.2, 0.25) is 0 Å². The fourth-order valence-electron chi connectivity index (χ4n) is 3.70. The second-order valence-electron chi connectivity index (χ2n) is 8.18. The van der Waals surface area contributed by atoms with E-state index >= 15 is 0 Å². The zero-order valence-electron chi connectivity index (χ0n) is 18.7. The van der Waals surface area contributed by atoms with E-state index in [4.69, 9.17) is 9.47 Å². The summed E-state index contributed by atoms with van der Waals surface area (Å²) in [5.74, 6) is 0.872. The summed E-state index contributed by atoms with van der Waals surface area (Å²) in [5, 5.41) is 3.56. The Morgan fingerprint density at radius 1 is 1.09 bits per heavy atom. The van der Waals surface area contributed by atoms with E-state index in [0.717, 1.165) is 54.3 Å². The summed E-state index contributed by atoms with van der Waals surface area (Å²) in [6.45, 7) is 3.94. The number of aryl methyl sites for hydroxylation is 1. The summed E-state index contributed by atoms with van der Waals surface area (Å²) in [4.78, 5) is 17.5. The molecule has 180 valence electrons. The number of hydrogen-bond acceptors (Lipinski definition) is 5. The third-order valence-electron chi connectivity index (χ3n) is 5.67. The van der Waals surface area contributed by atoms with Crippen molar-refractivity contribution in [3.63, 3.8) is 0 Å². The minimum atomic E-state index is -4.36. The smallest absolute Gasteiger partial charge is 0.416 e. The van der Waals surface area contributed by atoms with E-state index in [-0.39, 0.29) is 12.5 Å².